The fourth-order valence-corrected chi connectivity index (χ4v) is 1.49. The summed E-state index contributed by atoms with van der Waals surface area (Å²) in [7, 11) is 0. The highest BCUT2D eigenvalue weighted by Crippen LogP contribution is 2.38. The van der Waals surface area contributed by atoms with Crippen LogP contribution < -0.4 is 0 Å². The second kappa shape index (κ2) is 1.97. The predicted octanol–water partition coefficient (Wildman–Crippen LogP) is 1.89. The van der Waals surface area contributed by atoms with Gasteiger partial charge in [-0.25, -0.2) is 0 Å². The van der Waals surface area contributed by atoms with Crippen LogP contribution in [0.5, 0.6) is 0 Å². The minimum absolute atomic E-state index is 0.402. The van der Waals surface area contributed by atoms with Crippen LogP contribution in [-0.4, -0.2) is 10.7 Å². The molecule has 0 N–H and O–H groups in total. The van der Waals surface area contributed by atoms with Crippen LogP contribution in [0.4, 0.5) is 0 Å². The van der Waals surface area contributed by atoms with E-state index >= 15 is 0 Å². The summed E-state index contributed by atoms with van der Waals surface area (Å²) in [6.07, 6.45) is 4.06. The average Bonchev–Trinajstić information content (AvgIpc) is 2.58. The van der Waals surface area contributed by atoms with Crippen molar-refractivity contribution in [1.29, 1.82) is 0 Å². The highest BCUT2D eigenvalue weighted by Gasteiger charge is 2.36. The number of oxime groups is 1. The molecule has 0 spiro atoms. The van der Waals surface area contributed by atoms with Crippen molar-refractivity contribution in [3.63, 3.8) is 0 Å². The Morgan fingerprint density at radius 2 is 2.33 bits per heavy atom. The lowest BCUT2D eigenvalue weighted by atomic mass is 10.2. The quantitative estimate of drug-likeness (QED) is 0.618. The van der Waals surface area contributed by atoms with E-state index in [1.54, 1.807) is 0 Å². The molecule has 0 radical (unpaired) electrons. The third kappa shape index (κ3) is 1.11. The van der Waals surface area contributed by atoms with Crippen LogP contribution in [0.15, 0.2) is 5.16 Å². The van der Waals surface area contributed by atoms with Gasteiger partial charge in [0, 0.05) is 6.42 Å². The summed E-state index contributed by atoms with van der Waals surface area (Å²) < 4.78 is 0.972. The van der Waals surface area contributed by atoms with E-state index in [1.807, 2.05) is 0 Å². The van der Waals surface area contributed by atoms with E-state index in [-0.39, 0.29) is 0 Å². The van der Waals surface area contributed by atoms with Crippen molar-refractivity contribution in [2.45, 2.75) is 25.4 Å². The van der Waals surface area contributed by atoms with E-state index in [1.165, 1.54) is 12.8 Å². The first-order valence-electron chi connectivity index (χ1n) is 3.24. The molecule has 1 fully saturated rings. The standard InChI is InChI=1S/C6H8BrNO/c7-6-3-5(9-8-6)4-1-2-4/h4-5H,1-3H2. The molecule has 50 valence electrons. The topological polar surface area (TPSA) is 21.6 Å². The minimum Gasteiger partial charge on any atom is -0.391 e. The molecule has 1 aliphatic carbocycles. The summed E-state index contributed by atoms with van der Waals surface area (Å²) in [6, 6.07) is 0. The molecular weight excluding hydrogens is 182 g/mol. The summed E-state index contributed by atoms with van der Waals surface area (Å²) in [5.74, 6) is 0.809. The van der Waals surface area contributed by atoms with Crippen LogP contribution in [0.1, 0.15) is 19.3 Å². The molecule has 2 aliphatic rings. The van der Waals surface area contributed by atoms with E-state index < -0.39 is 0 Å². The Morgan fingerprint density at radius 1 is 1.56 bits per heavy atom. The van der Waals surface area contributed by atoms with Gasteiger partial charge in [0.25, 0.3) is 0 Å². The Labute approximate surface area is 62.4 Å². The molecule has 1 heterocycles. The molecule has 0 bridgehead atoms. The van der Waals surface area contributed by atoms with Crippen LogP contribution >= 0.6 is 15.9 Å². The molecule has 0 saturated heterocycles. The van der Waals surface area contributed by atoms with Gasteiger partial charge < -0.3 is 4.84 Å². The van der Waals surface area contributed by atoms with Gasteiger partial charge in [-0.3, -0.25) is 0 Å². The summed E-state index contributed by atoms with van der Waals surface area (Å²) in [5.41, 5.74) is 0. The highest BCUT2D eigenvalue weighted by atomic mass is 79.9. The lowest BCUT2D eigenvalue weighted by Gasteiger charge is -2.02. The lowest BCUT2D eigenvalue weighted by molar-refractivity contribution is 0.0695. The molecule has 0 aromatic carbocycles. The molecule has 1 atom stereocenters. The number of hydrogen-bond acceptors (Lipinski definition) is 2. The van der Waals surface area contributed by atoms with Crippen LogP contribution in [0.3, 0.4) is 0 Å². The van der Waals surface area contributed by atoms with Gasteiger partial charge in [0.05, 0.1) is 0 Å². The first-order chi connectivity index (χ1) is 4.36. The van der Waals surface area contributed by atoms with E-state index in [0.29, 0.717) is 6.10 Å². The van der Waals surface area contributed by atoms with Crippen LogP contribution in [0, 0.1) is 5.92 Å². The molecule has 1 aliphatic heterocycles. The fraction of sp³-hybridized carbons (Fsp3) is 0.833. The number of halogens is 1. The summed E-state index contributed by atoms with van der Waals surface area (Å²) >= 11 is 3.30. The fourth-order valence-electron chi connectivity index (χ4n) is 1.09. The molecule has 1 unspecified atom stereocenters. The zero-order chi connectivity index (χ0) is 6.27. The minimum atomic E-state index is 0.402. The zero-order valence-electron chi connectivity index (χ0n) is 5.01. The molecule has 1 saturated carbocycles. The molecule has 0 amide bonds. The van der Waals surface area contributed by atoms with E-state index in [9.17, 15) is 0 Å². The number of rotatable bonds is 1. The van der Waals surface area contributed by atoms with Gasteiger partial charge in [-0.2, -0.15) is 0 Å². The second-order valence-corrected chi connectivity index (χ2v) is 3.57. The number of hydrogen-bond donors (Lipinski definition) is 0. The van der Waals surface area contributed by atoms with Gasteiger partial charge in [-0.1, -0.05) is 5.16 Å². The van der Waals surface area contributed by atoms with E-state index in [4.69, 9.17) is 4.84 Å². The van der Waals surface area contributed by atoms with Crippen molar-refractivity contribution in [2.75, 3.05) is 0 Å². The van der Waals surface area contributed by atoms with E-state index in [0.717, 1.165) is 17.0 Å². The van der Waals surface area contributed by atoms with Crippen LogP contribution in [0.25, 0.3) is 0 Å². The van der Waals surface area contributed by atoms with Crippen molar-refractivity contribution in [1.82, 2.24) is 0 Å². The van der Waals surface area contributed by atoms with Gasteiger partial charge in [0.1, 0.15) is 10.7 Å². The molecule has 0 aromatic rings. The van der Waals surface area contributed by atoms with E-state index in [2.05, 4.69) is 21.1 Å². The molecule has 2 rings (SSSR count). The maximum Gasteiger partial charge on any atom is 0.136 e. The number of nitrogens with zero attached hydrogens (tertiary/aromatic N) is 1. The van der Waals surface area contributed by atoms with Gasteiger partial charge >= 0.3 is 0 Å². The first-order valence-corrected chi connectivity index (χ1v) is 4.04. The van der Waals surface area contributed by atoms with Crippen molar-refractivity contribution >= 4 is 20.6 Å². The maximum absolute atomic E-state index is 5.13. The van der Waals surface area contributed by atoms with Crippen LogP contribution in [-0.2, 0) is 4.84 Å². The average molecular weight is 190 g/mol. The van der Waals surface area contributed by atoms with Gasteiger partial charge in [-0.15, -0.1) is 0 Å². The third-order valence-electron chi connectivity index (χ3n) is 1.80. The largest absolute Gasteiger partial charge is 0.391 e. The van der Waals surface area contributed by atoms with Gasteiger partial charge in [0.2, 0.25) is 0 Å². The normalized spacial score (nSPS) is 33.9. The molecular formula is C6H8BrNO. The molecule has 0 aromatic heterocycles. The SMILES string of the molecule is BrC1=NOC(C2CC2)C1. The summed E-state index contributed by atoms with van der Waals surface area (Å²) in [6.45, 7) is 0. The van der Waals surface area contributed by atoms with Gasteiger partial charge in [-0.05, 0) is 34.7 Å². The molecule has 2 nitrogen and oxygen atoms in total. The Kier molecular flexibility index (Phi) is 1.25. The molecule has 3 heteroatoms. The summed E-state index contributed by atoms with van der Waals surface area (Å²) in [5, 5.41) is 3.81. The lowest BCUT2D eigenvalue weighted by Crippen LogP contribution is -2.07. The third-order valence-corrected chi connectivity index (χ3v) is 2.27. The highest BCUT2D eigenvalue weighted by molar-refractivity contribution is 9.18. The van der Waals surface area contributed by atoms with Crippen molar-refractivity contribution in [2.24, 2.45) is 11.1 Å². The van der Waals surface area contributed by atoms with Crippen molar-refractivity contribution in [3.8, 4) is 0 Å². The Hall–Kier alpha value is -0.0500. The first kappa shape index (κ1) is 5.71. The zero-order valence-corrected chi connectivity index (χ0v) is 6.60. The van der Waals surface area contributed by atoms with Crippen LogP contribution in [0.2, 0.25) is 0 Å². The van der Waals surface area contributed by atoms with Gasteiger partial charge in [0.15, 0.2) is 0 Å². The second-order valence-electron chi connectivity index (χ2n) is 2.65. The monoisotopic (exact) mass is 189 g/mol. The molecule has 9 heavy (non-hydrogen) atoms. The Morgan fingerprint density at radius 3 is 2.78 bits per heavy atom. The van der Waals surface area contributed by atoms with Crippen molar-refractivity contribution < 1.29 is 4.84 Å². The van der Waals surface area contributed by atoms with Crippen molar-refractivity contribution in [3.05, 3.63) is 0 Å². The predicted molar refractivity (Wildman–Crippen MR) is 38.6 cm³/mol. The summed E-state index contributed by atoms with van der Waals surface area (Å²) in [4.78, 5) is 5.13. The Bertz CT molecular complexity index is 153. The maximum atomic E-state index is 5.13. The Balaban J connectivity index is 1.91. The smallest absolute Gasteiger partial charge is 0.136 e.